The van der Waals surface area contributed by atoms with E-state index in [1.165, 1.54) is 4.88 Å². The van der Waals surface area contributed by atoms with Crippen LogP contribution in [0.2, 0.25) is 0 Å². The quantitative estimate of drug-likeness (QED) is 0.415. The van der Waals surface area contributed by atoms with Gasteiger partial charge in [-0.15, -0.1) is 11.3 Å². The lowest BCUT2D eigenvalue weighted by Crippen LogP contribution is -2.20. The van der Waals surface area contributed by atoms with Crippen molar-refractivity contribution in [3.05, 3.63) is 46.4 Å². The van der Waals surface area contributed by atoms with E-state index in [2.05, 4.69) is 38.1 Å². The first-order chi connectivity index (χ1) is 12.7. The number of aromatic amines is 1. The smallest absolute Gasteiger partial charge is 0.354 e. The zero-order valence-corrected chi connectivity index (χ0v) is 14.9. The van der Waals surface area contributed by atoms with Gasteiger partial charge in [0.25, 0.3) is 0 Å². The summed E-state index contributed by atoms with van der Waals surface area (Å²) in [7, 11) is 0. The van der Waals surface area contributed by atoms with Gasteiger partial charge in [-0.2, -0.15) is 10.2 Å². The van der Waals surface area contributed by atoms with Gasteiger partial charge in [-0.25, -0.2) is 4.79 Å². The summed E-state index contributed by atoms with van der Waals surface area (Å²) in [6.07, 6.45) is 3.52. The number of nitrogens with one attached hydrogen (secondary N) is 2. The SMILES string of the molecule is O=C(O)c1c2ccc3nncc3c2[nH]n1CCCNCCc1cccs1. The van der Waals surface area contributed by atoms with Crippen LogP contribution in [0.15, 0.2) is 35.8 Å². The van der Waals surface area contributed by atoms with E-state index in [1.54, 1.807) is 34.3 Å². The van der Waals surface area contributed by atoms with Gasteiger partial charge in [0.15, 0.2) is 5.69 Å². The van der Waals surface area contributed by atoms with Crippen LogP contribution in [0, 0.1) is 0 Å². The molecule has 0 aliphatic carbocycles. The van der Waals surface area contributed by atoms with Crippen molar-refractivity contribution in [2.45, 2.75) is 19.4 Å². The predicted molar refractivity (Wildman–Crippen MR) is 102 cm³/mol. The van der Waals surface area contributed by atoms with Crippen LogP contribution in [0.1, 0.15) is 21.8 Å². The molecule has 134 valence electrons. The first-order valence-electron chi connectivity index (χ1n) is 8.53. The fraction of sp³-hybridized carbons (Fsp3) is 0.278. The first-order valence-corrected chi connectivity index (χ1v) is 9.41. The van der Waals surface area contributed by atoms with E-state index < -0.39 is 5.97 Å². The molecule has 0 spiro atoms. The summed E-state index contributed by atoms with van der Waals surface area (Å²) in [5.41, 5.74) is 1.82. The Balaban J connectivity index is 1.43. The average molecular weight is 369 g/mol. The second-order valence-corrected chi connectivity index (χ2v) is 7.15. The summed E-state index contributed by atoms with van der Waals surface area (Å²) in [5, 5.41) is 27.8. The lowest BCUT2D eigenvalue weighted by atomic mass is 10.1. The number of hydrogen-bond donors (Lipinski definition) is 3. The Hall–Kier alpha value is -2.71. The average Bonchev–Trinajstić information content (AvgIpc) is 3.35. The van der Waals surface area contributed by atoms with E-state index in [0.717, 1.165) is 42.4 Å². The zero-order valence-electron chi connectivity index (χ0n) is 14.1. The van der Waals surface area contributed by atoms with Gasteiger partial charge in [0, 0.05) is 22.2 Å². The minimum Gasteiger partial charge on any atom is -0.477 e. The molecule has 7 nitrogen and oxygen atoms in total. The minimum absolute atomic E-state index is 0.279. The van der Waals surface area contributed by atoms with Gasteiger partial charge < -0.3 is 10.4 Å². The number of carboxylic acid groups (broad SMARTS) is 1. The van der Waals surface area contributed by atoms with Crippen LogP contribution in [0.3, 0.4) is 0 Å². The molecule has 26 heavy (non-hydrogen) atoms. The molecule has 8 heteroatoms. The Bertz CT molecular complexity index is 1030. The van der Waals surface area contributed by atoms with E-state index in [1.807, 2.05) is 0 Å². The van der Waals surface area contributed by atoms with Gasteiger partial charge in [0.1, 0.15) is 0 Å². The van der Waals surface area contributed by atoms with Crippen molar-refractivity contribution in [1.82, 2.24) is 25.3 Å². The van der Waals surface area contributed by atoms with E-state index in [4.69, 9.17) is 0 Å². The fourth-order valence-corrected chi connectivity index (χ4v) is 3.89. The normalized spacial score (nSPS) is 11.5. The fourth-order valence-electron chi connectivity index (χ4n) is 3.18. The number of carbonyl (C=O) groups is 1. The van der Waals surface area contributed by atoms with Gasteiger partial charge in [-0.3, -0.25) is 9.78 Å². The largest absolute Gasteiger partial charge is 0.477 e. The number of aryl methyl sites for hydroxylation is 1. The highest BCUT2D eigenvalue weighted by Crippen LogP contribution is 2.26. The summed E-state index contributed by atoms with van der Waals surface area (Å²) in [6.45, 7) is 2.36. The molecule has 0 bridgehead atoms. The Morgan fingerprint density at radius 1 is 1.27 bits per heavy atom. The van der Waals surface area contributed by atoms with Crippen LogP contribution in [0.5, 0.6) is 0 Å². The molecule has 0 saturated carbocycles. The summed E-state index contributed by atoms with van der Waals surface area (Å²) in [6, 6.07) is 7.80. The second-order valence-electron chi connectivity index (χ2n) is 6.12. The summed E-state index contributed by atoms with van der Waals surface area (Å²) < 4.78 is 1.71. The highest BCUT2D eigenvalue weighted by Gasteiger charge is 2.18. The number of benzene rings is 1. The highest BCUT2D eigenvalue weighted by molar-refractivity contribution is 7.09. The number of hydrogen-bond acceptors (Lipinski definition) is 5. The molecule has 4 rings (SSSR count). The summed E-state index contributed by atoms with van der Waals surface area (Å²) in [4.78, 5) is 13.1. The number of fused-ring (bicyclic) bond motifs is 3. The first kappa shape index (κ1) is 16.7. The van der Waals surface area contributed by atoms with Crippen LogP contribution in [0.25, 0.3) is 21.8 Å². The highest BCUT2D eigenvalue weighted by atomic mass is 32.1. The Kier molecular flexibility index (Phi) is 4.68. The molecule has 3 heterocycles. The summed E-state index contributed by atoms with van der Waals surface area (Å²) >= 11 is 1.77. The maximum atomic E-state index is 11.8. The van der Waals surface area contributed by atoms with E-state index >= 15 is 0 Å². The third-order valence-electron chi connectivity index (χ3n) is 4.41. The Morgan fingerprint density at radius 2 is 2.19 bits per heavy atom. The van der Waals surface area contributed by atoms with Crippen LogP contribution in [0.4, 0.5) is 0 Å². The Labute approximate surface area is 153 Å². The lowest BCUT2D eigenvalue weighted by molar-refractivity contribution is 0.0685. The molecule has 1 aromatic carbocycles. The van der Waals surface area contributed by atoms with Gasteiger partial charge in [-0.1, -0.05) is 6.07 Å². The molecule has 0 atom stereocenters. The van der Waals surface area contributed by atoms with Crippen LogP contribution in [-0.2, 0) is 13.0 Å². The van der Waals surface area contributed by atoms with Gasteiger partial charge in [0.2, 0.25) is 0 Å². The molecule has 4 aromatic rings. The van der Waals surface area contributed by atoms with E-state index in [9.17, 15) is 9.90 Å². The van der Waals surface area contributed by atoms with Gasteiger partial charge in [-0.05, 0) is 49.5 Å². The van der Waals surface area contributed by atoms with Crippen molar-refractivity contribution in [1.29, 1.82) is 0 Å². The Morgan fingerprint density at radius 3 is 3.00 bits per heavy atom. The molecule has 0 aliphatic rings. The van der Waals surface area contributed by atoms with E-state index in [0.29, 0.717) is 11.9 Å². The molecular formula is C18H19N5O2S. The summed E-state index contributed by atoms with van der Waals surface area (Å²) in [5.74, 6) is -0.936. The van der Waals surface area contributed by atoms with Crippen molar-refractivity contribution >= 4 is 39.1 Å². The van der Waals surface area contributed by atoms with Crippen LogP contribution in [-0.4, -0.2) is 44.1 Å². The molecule has 0 amide bonds. The molecular weight excluding hydrogens is 350 g/mol. The van der Waals surface area contributed by atoms with Crippen molar-refractivity contribution in [2.75, 3.05) is 13.1 Å². The van der Waals surface area contributed by atoms with E-state index in [-0.39, 0.29) is 5.69 Å². The molecule has 3 N–H and O–H groups in total. The molecule has 3 aromatic heterocycles. The molecule has 0 radical (unpaired) electrons. The number of rotatable bonds is 8. The van der Waals surface area contributed by atoms with Gasteiger partial charge in [0.05, 0.1) is 17.2 Å². The zero-order chi connectivity index (χ0) is 17.9. The standard InChI is InChI=1S/C18H19N5O2S/c24-18(25)17-13-4-5-15-14(11-20-21-15)16(13)22-23(17)9-2-7-19-8-6-12-3-1-10-26-12/h1,3-5,10-11,19,22H,2,6-9H2,(H,24,25). The molecule has 0 aliphatic heterocycles. The van der Waals surface area contributed by atoms with Crippen LogP contribution >= 0.6 is 11.3 Å². The van der Waals surface area contributed by atoms with Crippen LogP contribution < -0.4 is 5.32 Å². The third-order valence-corrected chi connectivity index (χ3v) is 5.35. The topological polar surface area (TPSA) is 95.8 Å². The molecule has 0 fully saturated rings. The van der Waals surface area contributed by atoms with Crippen molar-refractivity contribution in [3.63, 3.8) is 0 Å². The number of thiophene rings is 1. The van der Waals surface area contributed by atoms with Crippen molar-refractivity contribution in [3.8, 4) is 0 Å². The minimum atomic E-state index is -0.936. The predicted octanol–water partition coefficient (Wildman–Crippen LogP) is 2.89. The van der Waals surface area contributed by atoms with Crippen molar-refractivity contribution < 1.29 is 9.90 Å². The maximum Gasteiger partial charge on any atom is 0.354 e. The number of aromatic nitrogens is 4. The number of nitrogens with zero attached hydrogens (tertiary/aromatic N) is 3. The van der Waals surface area contributed by atoms with Crippen molar-refractivity contribution in [2.24, 2.45) is 0 Å². The number of aromatic carboxylic acids is 1. The number of H-pyrrole nitrogens is 1. The molecule has 0 saturated heterocycles. The number of carboxylic acids is 1. The maximum absolute atomic E-state index is 11.8. The monoisotopic (exact) mass is 369 g/mol. The second kappa shape index (κ2) is 7.27. The molecule has 0 unspecified atom stereocenters. The van der Waals surface area contributed by atoms with Gasteiger partial charge >= 0.3 is 5.97 Å². The lowest BCUT2D eigenvalue weighted by Gasteiger charge is -2.07. The third kappa shape index (κ3) is 3.21.